The van der Waals surface area contributed by atoms with Crippen LogP contribution in [0.25, 0.3) is 22.3 Å². The molecular formula is C27H24N4O2. The third-order valence-corrected chi connectivity index (χ3v) is 7.44. The van der Waals surface area contributed by atoms with E-state index in [1.807, 2.05) is 36.4 Å². The zero-order valence-electron chi connectivity index (χ0n) is 18.2. The highest BCUT2D eigenvalue weighted by atomic mass is 16.5. The number of benzene rings is 2. The monoisotopic (exact) mass is 436 g/mol. The Morgan fingerprint density at radius 2 is 1.67 bits per heavy atom. The van der Waals surface area contributed by atoms with Gasteiger partial charge < -0.3 is 15.8 Å². The summed E-state index contributed by atoms with van der Waals surface area (Å²) in [5.41, 5.74) is 12.3. The largest absolute Gasteiger partial charge is 0.383 e. The van der Waals surface area contributed by atoms with E-state index >= 15 is 0 Å². The Bertz CT molecular complexity index is 1310. The molecule has 2 aliphatic heterocycles. The number of nitrogens with zero attached hydrogens (tertiary/aromatic N) is 2. The van der Waals surface area contributed by atoms with Gasteiger partial charge in [-0.1, -0.05) is 30.3 Å². The maximum atomic E-state index is 12.3. The number of pyridine rings is 1. The van der Waals surface area contributed by atoms with Crippen LogP contribution in [-0.2, 0) is 15.7 Å². The number of aromatic nitrogens is 1. The van der Waals surface area contributed by atoms with Crippen LogP contribution in [-0.4, -0.2) is 24.1 Å². The van der Waals surface area contributed by atoms with Crippen molar-refractivity contribution in [1.29, 1.82) is 5.26 Å². The van der Waals surface area contributed by atoms with Crippen LogP contribution >= 0.6 is 0 Å². The first kappa shape index (κ1) is 20.0. The summed E-state index contributed by atoms with van der Waals surface area (Å²) in [6.07, 6.45) is 5.17. The number of hydrogen-bond acceptors (Lipinski definition) is 5. The molecule has 3 aliphatic rings. The van der Waals surface area contributed by atoms with Gasteiger partial charge in [-0.05, 0) is 66.1 Å². The number of carbonyl (C=O) groups excluding carboxylic acids is 1. The second-order valence-corrected chi connectivity index (χ2v) is 9.34. The quantitative estimate of drug-likeness (QED) is 0.637. The third kappa shape index (κ3) is 3.12. The van der Waals surface area contributed by atoms with Crippen LogP contribution in [0.3, 0.4) is 0 Å². The first-order valence-corrected chi connectivity index (χ1v) is 11.4. The number of carbonyl (C=O) groups is 1. The molecule has 1 aliphatic carbocycles. The van der Waals surface area contributed by atoms with Crippen molar-refractivity contribution in [2.24, 2.45) is 0 Å². The van der Waals surface area contributed by atoms with E-state index in [4.69, 9.17) is 10.5 Å². The predicted octanol–water partition coefficient (Wildman–Crippen LogP) is 4.30. The standard InChI is InChI=1S/C27H24N4O2/c28-16-26(9-11-33-12-10-26)20-4-1-17(2-5-20)19-13-22(24(29)30-15-19)18-3-6-21-23(14-18)27(7-8-27)31-25(21)32/h1-6,13-15H,7-12H2,(H2,29,30)(H,31,32). The summed E-state index contributed by atoms with van der Waals surface area (Å²) in [7, 11) is 0. The molecular weight excluding hydrogens is 412 g/mol. The maximum Gasteiger partial charge on any atom is 0.252 e. The molecule has 0 radical (unpaired) electrons. The number of anilines is 1. The van der Waals surface area contributed by atoms with E-state index in [9.17, 15) is 10.1 Å². The Morgan fingerprint density at radius 1 is 0.939 bits per heavy atom. The zero-order chi connectivity index (χ0) is 22.6. The second-order valence-electron chi connectivity index (χ2n) is 9.34. The summed E-state index contributed by atoms with van der Waals surface area (Å²) < 4.78 is 5.46. The van der Waals surface area contributed by atoms with E-state index in [2.05, 4.69) is 28.5 Å². The molecule has 33 heavy (non-hydrogen) atoms. The smallest absolute Gasteiger partial charge is 0.252 e. The van der Waals surface area contributed by atoms with Crippen molar-refractivity contribution in [2.45, 2.75) is 36.6 Å². The molecule has 0 bridgehead atoms. The van der Waals surface area contributed by atoms with Crippen molar-refractivity contribution in [3.8, 4) is 28.3 Å². The van der Waals surface area contributed by atoms with Gasteiger partial charge >= 0.3 is 0 Å². The lowest BCUT2D eigenvalue weighted by molar-refractivity contribution is 0.0675. The minimum absolute atomic E-state index is 0.00802. The first-order chi connectivity index (χ1) is 16.0. The number of rotatable bonds is 3. The predicted molar refractivity (Wildman–Crippen MR) is 125 cm³/mol. The number of hydrogen-bond donors (Lipinski definition) is 2. The van der Waals surface area contributed by atoms with Crippen molar-refractivity contribution in [3.05, 3.63) is 71.4 Å². The van der Waals surface area contributed by atoms with E-state index in [-0.39, 0.29) is 11.4 Å². The molecule has 3 aromatic rings. The van der Waals surface area contributed by atoms with Gasteiger partial charge in [-0.3, -0.25) is 4.79 Å². The van der Waals surface area contributed by atoms with Crippen LogP contribution in [0, 0.1) is 11.3 Å². The zero-order valence-corrected chi connectivity index (χ0v) is 18.2. The molecule has 2 fully saturated rings. The van der Waals surface area contributed by atoms with Crippen molar-refractivity contribution in [2.75, 3.05) is 18.9 Å². The molecule has 164 valence electrons. The highest BCUT2D eigenvalue weighted by molar-refractivity contribution is 6.01. The lowest BCUT2D eigenvalue weighted by Crippen LogP contribution is -2.32. The Hall–Kier alpha value is -3.69. The number of ether oxygens (including phenoxy) is 1. The van der Waals surface area contributed by atoms with Crippen LogP contribution in [0.15, 0.2) is 54.7 Å². The topological polar surface area (TPSA) is 101 Å². The SMILES string of the molecule is N#CC1(c2ccc(-c3cnc(N)c(-c4ccc5c(c4)C4(CC4)NC5=O)c3)cc2)CCOCC1. The fourth-order valence-electron chi connectivity index (χ4n) is 5.21. The minimum atomic E-state index is -0.476. The van der Waals surface area contributed by atoms with Gasteiger partial charge in [0.1, 0.15) is 5.82 Å². The molecule has 3 N–H and O–H groups in total. The van der Waals surface area contributed by atoms with Crippen molar-refractivity contribution in [3.63, 3.8) is 0 Å². The minimum Gasteiger partial charge on any atom is -0.383 e. The van der Waals surface area contributed by atoms with E-state index in [1.54, 1.807) is 6.20 Å². The fraction of sp³-hybridized carbons (Fsp3) is 0.296. The van der Waals surface area contributed by atoms with Gasteiger partial charge in [0.15, 0.2) is 0 Å². The molecule has 1 saturated heterocycles. The normalized spacial score (nSPS) is 19.5. The summed E-state index contributed by atoms with van der Waals surface area (Å²) in [4.78, 5) is 16.7. The Balaban J connectivity index is 1.35. The molecule has 6 nitrogen and oxygen atoms in total. The van der Waals surface area contributed by atoms with Gasteiger partial charge in [0.2, 0.25) is 0 Å². The number of nitrogens with two attached hydrogens (primary N) is 1. The molecule has 1 saturated carbocycles. The molecule has 6 rings (SSSR count). The molecule has 1 spiro atoms. The number of nitriles is 1. The van der Waals surface area contributed by atoms with Gasteiger partial charge in [-0.25, -0.2) is 4.98 Å². The Labute approximate surface area is 192 Å². The summed E-state index contributed by atoms with van der Waals surface area (Å²) in [6.45, 7) is 1.23. The van der Waals surface area contributed by atoms with E-state index in [1.165, 1.54) is 0 Å². The molecule has 0 atom stereocenters. The average molecular weight is 437 g/mol. The fourth-order valence-corrected chi connectivity index (χ4v) is 5.21. The summed E-state index contributed by atoms with van der Waals surface area (Å²) >= 11 is 0. The van der Waals surface area contributed by atoms with Gasteiger partial charge in [-0.15, -0.1) is 0 Å². The van der Waals surface area contributed by atoms with Crippen molar-refractivity contribution < 1.29 is 9.53 Å². The van der Waals surface area contributed by atoms with Gasteiger partial charge in [0, 0.05) is 36.1 Å². The van der Waals surface area contributed by atoms with Crippen molar-refractivity contribution >= 4 is 11.7 Å². The van der Waals surface area contributed by atoms with Gasteiger partial charge in [-0.2, -0.15) is 5.26 Å². The van der Waals surface area contributed by atoms with Gasteiger partial charge in [0.05, 0.1) is 17.0 Å². The molecule has 1 aromatic heterocycles. The van der Waals surface area contributed by atoms with Crippen LogP contribution < -0.4 is 11.1 Å². The highest BCUT2D eigenvalue weighted by Crippen LogP contribution is 2.51. The lowest BCUT2D eigenvalue weighted by atomic mass is 9.75. The average Bonchev–Trinajstić information content (AvgIpc) is 3.59. The summed E-state index contributed by atoms with van der Waals surface area (Å²) in [5, 5.41) is 13.0. The lowest BCUT2D eigenvalue weighted by Gasteiger charge is -2.31. The first-order valence-electron chi connectivity index (χ1n) is 11.4. The third-order valence-electron chi connectivity index (χ3n) is 7.44. The number of fused-ring (bicyclic) bond motifs is 2. The summed E-state index contributed by atoms with van der Waals surface area (Å²) in [6, 6.07) is 18.7. The van der Waals surface area contributed by atoms with E-state index in [0.717, 1.165) is 51.8 Å². The van der Waals surface area contributed by atoms with Crippen LogP contribution in [0.1, 0.15) is 47.2 Å². The second kappa shape index (κ2) is 7.16. The number of nitrogens with one attached hydrogen (secondary N) is 1. The maximum absolute atomic E-state index is 12.3. The molecule has 6 heteroatoms. The Kier molecular flexibility index (Phi) is 4.33. The molecule has 1 amide bonds. The van der Waals surface area contributed by atoms with Gasteiger partial charge in [0.25, 0.3) is 5.91 Å². The van der Waals surface area contributed by atoms with E-state index < -0.39 is 5.41 Å². The Morgan fingerprint density at radius 3 is 2.36 bits per heavy atom. The number of nitrogen functional groups attached to an aromatic ring is 1. The highest BCUT2D eigenvalue weighted by Gasteiger charge is 2.52. The van der Waals surface area contributed by atoms with Crippen LogP contribution in [0.2, 0.25) is 0 Å². The van der Waals surface area contributed by atoms with Crippen molar-refractivity contribution in [1.82, 2.24) is 10.3 Å². The van der Waals surface area contributed by atoms with E-state index in [0.29, 0.717) is 31.9 Å². The molecule has 2 aromatic carbocycles. The molecule has 3 heterocycles. The molecule has 0 unspecified atom stereocenters. The summed E-state index contributed by atoms with van der Waals surface area (Å²) in [5.74, 6) is 0.469. The van der Waals surface area contributed by atoms with Crippen LogP contribution in [0.4, 0.5) is 5.82 Å². The number of amides is 1. The van der Waals surface area contributed by atoms with Crippen LogP contribution in [0.5, 0.6) is 0 Å².